The van der Waals surface area contributed by atoms with E-state index in [1.54, 1.807) is 7.11 Å². The normalized spacial score (nSPS) is 15.8. The molecule has 0 radical (unpaired) electrons. The topological polar surface area (TPSA) is 41.6 Å². The van der Waals surface area contributed by atoms with Crippen LogP contribution >= 0.6 is 0 Å². The molecular formula is C19H30N2O2. The second-order valence-electron chi connectivity index (χ2n) is 6.52. The molecule has 1 aliphatic rings. The van der Waals surface area contributed by atoms with E-state index < -0.39 is 0 Å². The van der Waals surface area contributed by atoms with E-state index in [0.717, 1.165) is 44.8 Å². The quantitative estimate of drug-likeness (QED) is 0.748. The predicted octanol–water partition coefficient (Wildman–Crippen LogP) is 2.40. The minimum absolute atomic E-state index is 0.220. The van der Waals surface area contributed by atoms with Crippen LogP contribution in [0.5, 0.6) is 0 Å². The zero-order valence-electron chi connectivity index (χ0n) is 14.5. The molecule has 0 aromatic heterocycles. The number of amides is 1. The average molecular weight is 318 g/mol. The van der Waals surface area contributed by atoms with Gasteiger partial charge >= 0.3 is 0 Å². The minimum atomic E-state index is 0.220. The summed E-state index contributed by atoms with van der Waals surface area (Å²) in [5, 5.41) is 3.13. The van der Waals surface area contributed by atoms with Crippen LogP contribution in [0.15, 0.2) is 24.3 Å². The van der Waals surface area contributed by atoms with Gasteiger partial charge in [-0.2, -0.15) is 0 Å². The summed E-state index contributed by atoms with van der Waals surface area (Å²) in [6.07, 6.45) is 4.65. The van der Waals surface area contributed by atoms with Crippen molar-refractivity contribution < 1.29 is 9.53 Å². The number of benzene rings is 1. The van der Waals surface area contributed by atoms with Crippen molar-refractivity contribution >= 4 is 5.91 Å². The van der Waals surface area contributed by atoms with Crippen LogP contribution < -0.4 is 5.32 Å². The van der Waals surface area contributed by atoms with Gasteiger partial charge in [0.05, 0.1) is 13.2 Å². The highest BCUT2D eigenvalue weighted by atomic mass is 16.5. The van der Waals surface area contributed by atoms with Crippen molar-refractivity contribution in [2.24, 2.45) is 5.92 Å². The predicted molar refractivity (Wildman–Crippen MR) is 93.5 cm³/mol. The standard InChI is InChI=1S/C19H30N2O2/c1-16-3-5-17(6-4-16)7-8-18-9-12-21(13-10-18)19(22)15-20-11-14-23-2/h3-6,18,20H,7-15H2,1-2H3. The fourth-order valence-electron chi connectivity index (χ4n) is 3.08. The number of methoxy groups -OCH3 is 1. The van der Waals surface area contributed by atoms with Crippen LogP contribution in [0.2, 0.25) is 0 Å². The molecule has 0 atom stereocenters. The molecule has 4 heteroatoms. The van der Waals surface area contributed by atoms with E-state index in [2.05, 4.69) is 36.5 Å². The number of carbonyl (C=O) groups is 1. The summed E-state index contributed by atoms with van der Waals surface area (Å²) in [7, 11) is 1.67. The third-order valence-corrected chi connectivity index (χ3v) is 4.69. The van der Waals surface area contributed by atoms with Crippen LogP contribution in [0.3, 0.4) is 0 Å². The summed E-state index contributed by atoms with van der Waals surface area (Å²) >= 11 is 0. The first kappa shape index (κ1) is 18.0. The summed E-state index contributed by atoms with van der Waals surface area (Å²) in [5.74, 6) is 0.972. The van der Waals surface area contributed by atoms with Crippen molar-refractivity contribution in [3.63, 3.8) is 0 Å². The number of hydrogen-bond acceptors (Lipinski definition) is 3. The number of piperidine rings is 1. The molecule has 23 heavy (non-hydrogen) atoms. The van der Waals surface area contributed by atoms with E-state index in [0.29, 0.717) is 13.2 Å². The lowest BCUT2D eigenvalue weighted by Gasteiger charge is -2.32. The average Bonchev–Trinajstić information content (AvgIpc) is 2.58. The molecule has 0 saturated carbocycles. The van der Waals surface area contributed by atoms with Gasteiger partial charge in [0.1, 0.15) is 0 Å². The maximum Gasteiger partial charge on any atom is 0.236 e. The zero-order valence-corrected chi connectivity index (χ0v) is 14.5. The summed E-state index contributed by atoms with van der Waals surface area (Å²) in [5.41, 5.74) is 2.75. The molecule has 1 fully saturated rings. The molecule has 128 valence electrons. The monoisotopic (exact) mass is 318 g/mol. The Balaban J connectivity index is 1.63. The van der Waals surface area contributed by atoms with Gasteiger partial charge in [-0.1, -0.05) is 29.8 Å². The van der Waals surface area contributed by atoms with Gasteiger partial charge in [0.2, 0.25) is 5.91 Å². The molecular weight excluding hydrogens is 288 g/mol. The van der Waals surface area contributed by atoms with Gasteiger partial charge < -0.3 is 15.0 Å². The molecule has 0 spiro atoms. The third kappa shape index (κ3) is 6.32. The highest BCUT2D eigenvalue weighted by Crippen LogP contribution is 2.22. The number of likely N-dealkylation sites (tertiary alicyclic amines) is 1. The summed E-state index contributed by atoms with van der Waals surface area (Å²) < 4.78 is 4.97. The van der Waals surface area contributed by atoms with Gasteiger partial charge in [-0.15, -0.1) is 0 Å². The molecule has 1 N–H and O–H groups in total. The fourth-order valence-corrected chi connectivity index (χ4v) is 3.08. The van der Waals surface area contributed by atoms with Crippen molar-refractivity contribution in [2.75, 3.05) is 39.9 Å². The van der Waals surface area contributed by atoms with Crippen molar-refractivity contribution in [2.45, 2.75) is 32.6 Å². The number of aryl methyl sites for hydroxylation is 2. The van der Waals surface area contributed by atoms with Gasteiger partial charge in [-0.05, 0) is 44.1 Å². The lowest BCUT2D eigenvalue weighted by Crippen LogP contribution is -2.43. The van der Waals surface area contributed by atoms with Crippen LogP contribution in [0.1, 0.15) is 30.4 Å². The second-order valence-corrected chi connectivity index (χ2v) is 6.52. The second kappa shape index (κ2) is 9.68. The molecule has 1 aromatic rings. The molecule has 0 bridgehead atoms. The summed E-state index contributed by atoms with van der Waals surface area (Å²) in [4.78, 5) is 14.1. The van der Waals surface area contributed by atoms with Gasteiger partial charge in [-0.3, -0.25) is 4.79 Å². The number of carbonyl (C=O) groups excluding carboxylic acids is 1. The minimum Gasteiger partial charge on any atom is -0.383 e. The van der Waals surface area contributed by atoms with Crippen molar-refractivity contribution in [1.82, 2.24) is 10.2 Å². The van der Waals surface area contributed by atoms with E-state index in [4.69, 9.17) is 4.74 Å². The summed E-state index contributed by atoms with van der Waals surface area (Å²) in [6.45, 7) is 5.74. The van der Waals surface area contributed by atoms with Crippen LogP contribution in [0.25, 0.3) is 0 Å². The number of hydrogen-bond donors (Lipinski definition) is 1. The van der Waals surface area contributed by atoms with Gasteiger partial charge in [0.15, 0.2) is 0 Å². The number of nitrogens with one attached hydrogen (secondary N) is 1. The van der Waals surface area contributed by atoms with E-state index in [-0.39, 0.29) is 5.91 Å². The van der Waals surface area contributed by atoms with Crippen molar-refractivity contribution in [1.29, 1.82) is 0 Å². The highest BCUT2D eigenvalue weighted by molar-refractivity contribution is 5.78. The Kier molecular flexibility index (Phi) is 7.56. The van der Waals surface area contributed by atoms with Gasteiger partial charge in [0, 0.05) is 26.7 Å². The van der Waals surface area contributed by atoms with Crippen LogP contribution in [-0.4, -0.2) is 50.7 Å². The first-order chi connectivity index (χ1) is 11.2. The lowest BCUT2D eigenvalue weighted by atomic mass is 9.90. The van der Waals surface area contributed by atoms with Gasteiger partial charge in [0.25, 0.3) is 0 Å². The largest absolute Gasteiger partial charge is 0.383 e. The van der Waals surface area contributed by atoms with Crippen LogP contribution in [0.4, 0.5) is 0 Å². The summed E-state index contributed by atoms with van der Waals surface area (Å²) in [6, 6.07) is 8.85. The Bertz CT molecular complexity index is 465. The molecule has 4 nitrogen and oxygen atoms in total. The smallest absolute Gasteiger partial charge is 0.236 e. The van der Waals surface area contributed by atoms with E-state index in [9.17, 15) is 4.79 Å². The van der Waals surface area contributed by atoms with Gasteiger partial charge in [-0.25, -0.2) is 0 Å². The number of nitrogens with zero attached hydrogens (tertiary/aromatic N) is 1. The maximum absolute atomic E-state index is 12.1. The first-order valence-corrected chi connectivity index (χ1v) is 8.72. The Morgan fingerprint density at radius 2 is 1.96 bits per heavy atom. The first-order valence-electron chi connectivity index (χ1n) is 8.72. The maximum atomic E-state index is 12.1. The Hall–Kier alpha value is -1.39. The van der Waals surface area contributed by atoms with E-state index >= 15 is 0 Å². The lowest BCUT2D eigenvalue weighted by molar-refractivity contribution is -0.131. The molecule has 1 saturated heterocycles. The molecule has 0 aliphatic carbocycles. The molecule has 1 aromatic carbocycles. The molecule has 1 amide bonds. The third-order valence-electron chi connectivity index (χ3n) is 4.69. The van der Waals surface area contributed by atoms with Crippen molar-refractivity contribution in [3.8, 4) is 0 Å². The van der Waals surface area contributed by atoms with Crippen LogP contribution in [0, 0.1) is 12.8 Å². The van der Waals surface area contributed by atoms with E-state index in [1.807, 2.05) is 4.90 Å². The molecule has 0 unspecified atom stereocenters. The Labute approximate surface area is 140 Å². The number of ether oxygens (including phenoxy) is 1. The number of rotatable bonds is 8. The van der Waals surface area contributed by atoms with Crippen LogP contribution in [-0.2, 0) is 16.0 Å². The molecule has 1 aliphatic heterocycles. The van der Waals surface area contributed by atoms with E-state index in [1.165, 1.54) is 17.5 Å². The Morgan fingerprint density at radius 1 is 1.26 bits per heavy atom. The zero-order chi connectivity index (χ0) is 16.5. The highest BCUT2D eigenvalue weighted by Gasteiger charge is 2.22. The SMILES string of the molecule is COCCNCC(=O)N1CCC(CCc2ccc(C)cc2)CC1. The van der Waals surface area contributed by atoms with Crippen molar-refractivity contribution in [3.05, 3.63) is 35.4 Å². The Morgan fingerprint density at radius 3 is 2.61 bits per heavy atom. The molecule has 1 heterocycles. The fraction of sp³-hybridized carbons (Fsp3) is 0.632. The molecule has 2 rings (SSSR count).